The minimum absolute atomic E-state index is 0.0910. The third-order valence-corrected chi connectivity index (χ3v) is 4.45. The highest BCUT2D eigenvalue weighted by molar-refractivity contribution is 5.91. The number of aryl methyl sites for hydroxylation is 1. The van der Waals surface area contributed by atoms with Gasteiger partial charge in [-0.05, 0) is 31.2 Å². The molecule has 0 aliphatic carbocycles. The summed E-state index contributed by atoms with van der Waals surface area (Å²) in [6.07, 6.45) is 6.02. The van der Waals surface area contributed by atoms with Crippen molar-refractivity contribution in [3.05, 3.63) is 65.4 Å². The van der Waals surface area contributed by atoms with Gasteiger partial charge in [0.1, 0.15) is 23.9 Å². The van der Waals surface area contributed by atoms with Crippen LogP contribution in [-0.2, 0) is 16.6 Å². The molecule has 2 N–H and O–H groups in total. The molecule has 3 heterocycles. The summed E-state index contributed by atoms with van der Waals surface area (Å²) < 4.78 is 9.01. The summed E-state index contributed by atoms with van der Waals surface area (Å²) >= 11 is 0. The maximum absolute atomic E-state index is 12.2. The molecule has 0 saturated heterocycles. The molecule has 0 aliphatic heterocycles. The summed E-state index contributed by atoms with van der Waals surface area (Å²) in [4.78, 5) is 34.9. The van der Waals surface area contributed by atoms with E-state index in [1.807, 2.05) is 24.7 Å². The highest BCUT2D eigenvalue weighted by atomic mass is 16.5. The van der Waals surface area contributed by atoms with E-state index in [0.29, 0.717) is 16.7 Å². The molecule has 1 amide bonds. The first-order chi connectivity index (χ1) is 14.0. The van der Waals surface area contributed by atoms with Crippen LogP contribution in [0.3, 0.4) is 0 Å². The summed E-state index contributed by atoms with van der Waals surface area (Å²) in [7, 11) is 1.87. The van der Waals surface area contributed by atoms with Crippen molar-refractivity contribution < 1.29 is 9.53 Å². The Labute approximate surface area is 165 Å². The quantitative estimate of drug-likeness (QED) is 0.513. The zero-order valence-corrected chi connectivity index (χ0v) is 15.9. The number of aromatic nitrogens is 6. The van der Waals surface area contributed by atoms with E-state index in [9.17, 15) is 9.59 Å². The standard InChI is InChI=1S/C19H19N7O3/c1-12(17-20-7-8-25(17)2)29-10-16(27)24-13-3-5-14(6-4-13)26-18-15(9-23-26)19(28)22-11-21-18/h3-9,11-12H,10H2,1-2H3,(H,24,27)(H,21,22,28). The molecule has 148 valence electrons. The van der Waals surface area contributed by atoms with Gasteiger partial charge in [0.05, 0.1) is 18.2 Å². The van der Waals surface area contributed by atoms with E-state index in [2.05, 4.69) is 25.4 Å². The van der Waals surface area contributed by atoms with E-state index < -0.39 is 0 Å². The van der Waals surface area contributed by atoms with Crippen molar-refractivity contribution in [2.75, 3.05) is 11.9 Å². The number of H-pyrrole nitrogens is 1. The highest BCUT2D eigenvalue weighted by Crippen LogP contribution is 2.17. The number of aromatic amines is 1. The molecule has 0 fully saturated rings. The van der Waals surface area contributed by atoms with Gasteiger partial charge < -0.3 is 19.6 Å². The Balaban J connectivity index is 1.40. The zero-order valence-electron chi connectivity index (χ0n) is 15.9. The predicted molar refractivity (Wildman–Crippen MR) is 106 cm³/mol. The topological polar surface area (TPSA) is 120 Å². The number of hydrogen-bond acceptors (Lipinski definition) is 6. The van der Waals surface area contributed by atoms with Crippen molar-refractivity contribution in [1.82, 2.24) is 29.3 Å². The fourth-order valence-corrected chi connectivity index (χ4v) is 2.97. The van der Waals surface area contributed by atoms with Gasteiger partial charge in [-0.3, -0.25) is 9.59 Å². The molecule has 0 spiro atoms. The normalized spacial score (nSPS) is 12.2. The average Bonchev–Trinajstić information content (AvgIpc) is 3.34. The monoisotopic (exact) mass is 393 g/mol. The van der Waals surface area contributed by atoms with Gasteiger partial charge in [0, 0.05) is 25.1 Å². The summed E-state index contributed by atoms with van der Waals surface area (Å²) in [6.45, 7) is 1.75. The Morgan fingerprint density at radius 3 is 2.79 bits per heavy atom. The van der Waals surface area contributed by atoms with Gasteiger partial charge in [-0.15, -0.1) is 0 Å². The number of benzene rings is 1. The fraction of sp³-hybridized carbons (Fsp3) is 0.211. The number of carbonyl (C=O) groups is 1. The minimum atomic E-state index is -0.299. The number of nitrogens with zero attached hydrogens (tertiary/aromatic N) is 5. The van der Waals surface area contributed by atoms with Crippen LogP contribution >= 0.6 is 0 Å². The molecule has 0 radical (unpaired) electrons. The first-order valence-corrected chi connectivity index (χ1v) is 8.93. The van der Waals surface area contributed by atoms with Crippen molar-refractivity contribution in [2.24, 2.45) is 7.05 Å². The van der Waals surface area contributed by atoms with E-state index in [1.165, 1.54) is 12.5 Å². The molecule has 1 unspecified atom stereocenters. The third kappa shape index (κ3) is 3.78. The lowest BCUT2D eigenvalue weighted by molar-refractivity contribution is -0.122. The van der Waals surface area contributed by atoms with Crippen molar-refractivity contribution in [3.63, 3.8) is 0 Å². The Morgan fingerprint density at radius 2 is 2.07 bits per heavy atom. The number of ether oxygens (including phenoxy) is 1. The smallest absolute Gasteiger partial charge is 0.261 e. The highest BCUT2D eigenvalue weighted by Gasteiger charge is 2.13. The fourth-order valence-electron chi connectivity index (χ4n) is 2.97. The van der Waals surface area contributed by atoms with Crippen molar-refractivity contribution in [2.45, 2.75) is 13.0 Å². The molecular weight excluding hydrogens is 374 g/mol. The van der Waals surface area contributed by atoms with Crippen LogP contribution in [0.25, 0.3) is 16.7 Å². The Kier molecular flexibility index (Phi) is 4.92. The molecule has 4 aromatic rings. The number of imidazole rings is 1. The van der Waals surface area contributed by atoms with Gasteiger partial charge in [-0.25, -0.2) is 14.6 Å². The largest absolute Gasteiger partial charge is 0.361 e. The molecule has 1 aromatic carbocycles. The lowest BCUT2D eigenvalue weighted by Crippen LogP contribution is -2.20. The predicted octanol–water partition coefficient (Wildman–Crippen LogP) is 1.56. The van der Waals surface area contributed by atoms with Crippen molar-refractivity contribution in [3.8, 4) is 5.69 Å². The first kappa shape index (κ1) is 18.6. The molecule has 0 bridgehead atoms. The van der Waals surface area contributed by atoms with Crippen LogP contribution in [0.1, 0.15) is 18.9 Å². The SMILES string of the molecule is CC(OCC(=O)Nc1ccc(-n2ncc3c(=O)[nH]cnc32)cc1)c1nccn1C. The van der Waals surface area contributed by atoms with Gasteiger partial charge in [0.15, 0.2) is 5.65 Å². The van der Waals surface area contributed by atoms with E-state index in [-0.39, 0.29) is 24.2 Å². The number of anilines is 1. The molecule has 10 nitrogen and oxygen atoms in total. The molecular formula is C19H19N7O3. The van der Waals surface area contributed by atoms with Gasteiger partial charge in [0.25, 0.3) is 5.56 Å². The number of amides is 1. The third-order valence-electron chi connectivity index (χ3n) is 4.45. The van der Waals surface area contributed by atoms with Crippen LogP contribution in [0.15, 0.2) is 54.0 Å². The number of nitrogens with one attached hydrogen (secondary N) is 2. The molecule has 29 heavy (non-hydrogen) atoms. The van der Waals surface area contributed by atoms with Crippen LogP contribution in [0.2, 0.25) is 0 Å². The second-order valence-corrected chi connectivity index (χ2v) is 6.47. The molecule has 0 saturated carbocycles. The lowest BCUT2D eigenvalue weighted by Gasteiger charge is -2.13. The van der Waals surface area contributed by atoms with E-state index in [1.54, 1.807) is 35.1 Å². The number of carbonyl (C=O) groups excluding carboxylic acids is 1. The Bertz CT molecular complexity index is 1210. The van der Waals surface area contributed by atoms with Crippen LogP contribution in [0.4, 0.5) is 5.69 Å². The molecule has 4 rings (SSSR count). The van der Waals surface area contributed by atoms with E-state index in [4.69, 9.17) is 4.74 Å². The van der Waals surface area contributed by atoms with Crippen LogP contribution in [0, 0.1) is 0 Å². The number of hydrogen-bond donors (Lipinski definition) is 2. The Hall–Kier alpha value is -3.79. The van der Waals surface area contributed by atoms with E-state index in [0.717, 1.165) is 11.5 Å². The summed E-state index contributed by atoms with van der Waals surface area (Å²) in [6, 6.07) is 7.05. The zero-order chi connectivity index (χ0) is 20.4. The Morgan fingerprint density at radius 1 is 1.28 bits per heavy atom. The van der Waals surface area contributed by atoms with Crippen LogP contribution in [-0.4, -0.2) is 41.8 Å². The maximum atomic E-state index is 12.2. The summed E-state index contributed by atoms with van der Waals surface area (Å²) in [5.41, 5.74) is 1.55. The van der Waals surface area contributed by atoms with Crippen LogP contribution in [0.5, 0.6) is 0 Å². The van der Waals surface area contributed by atoms with Crippen LogP contribution < -0.4 is 10.9 Å². The van der Waals surface area contributed by atoms with Gasteiger partial charge in [0.2, 0.25) is 5.91 Å². The van der Waals surface area contributed by atoms with Crippen molar-refractivity contribution in [1.29, 1.82) is 0 Å². The first-order valence-electron chi connectivity index (χ1n) is 8.93. The lowest BCUT2D eigenvalue weighted by atomic mass is 10.2. The second-order valence-electron chi connectivity index (χ2n) is 6.47. The maximum Gasteiger partial charge on any atom is 0.261 e. The number of rotatable bonds is 6. The molecule has 0 aliphatic rings. The minimum Gasteiger partial charge on any atom is -0.361 e. The molecule has 10 heteroatoms. The van der Waals surface area contributed by atoms with Crippen molar-refractivity contribution >= 4 is 22.6 Å². The van der Waals surface area contributed by atoms with E-state index >= 15 is 0 Å². The van der Waals surface area contributed by atoms with Gasteiger partial charge in [-0.1, -0.05) is 0 Å². The number of fused-ring (bicyclic) bond motifs is 1. The summed E-state index contributed by atoms with van der Waals surface area (Å²) in [5, 5.41) is 7.41. The van der Waals surface area contributed by atoms with Gasteiger partial charge >= 0.3 is 0 Å². The average molecular weight is 393 g/mol. The van der Waals surface area contributed by atoms with Gasteiger partial charge in [-0.2, -0.15) is 5.10 Å². The molecule has 1 atom stereocenters. The second kappa shape index (κ2) is 7.68. The summed E-state index contributed by atoms with van der Waals surface area (Å²) in [5.74, 6) is 0.484. The molecule has 3 aromatic heterocycles.